The van der Waals surface area contributed by atoms with Crippen molar-refractivity contribution in [2.24, 2.45) is 0 Å². The number of carbonyl (C=O) groups excluding carboxylic acids is 1. The van der Waals surface area contributed by atoms with Crippen molar-refractivity contribution in [3.8, 4) is 23.3 Å². The largest absolute Gasteiger partial charge is 0.489 e. The number of fused-ring (bicyclic) bond motifs is 2. The number of amides is 1. The van der Waals surface area contributed by atoms with E-state index in [1.54, 1.807) is 36.4 Å². The zero-order valence-electron chi connectivity index (χ0n) is 19.2. The molecule has 1 aliphatic heterocycles. The van der Waals surface area contributed by atoms with E-state index in [-0.39, 0.29) is 31.3 Å². The van der Waals surface area contributed by atoms with E-state index in [0.29, 0.717) is 18.0 Å². The molecule has 0 bridgehead atoms. The summed E-state index contributed by atoms with van der Waals surface area (Å²) >= 11 is 0. The van der Waals surface area contributed by atoms with Gasteiger partial charge in [0.05, 0.1) is 6.54 Å². The van der Waals surface area contributed by atoms with Crippen molar-refractivity contribution in [1.82, 2.24) is 9.88 Å². The van der Waals surface area contributed by atoms with Crippen molar-refractivity contribution in [3.63, 3.8) is 0 Å². The summed E-state index contributed by atoms with van der Waals surface area (Å²) in [6, 6.07) is 21.4. The SMILES string of the molecule is N#CC(=Cc1cn(CCOc2ccccc2F)c2ccccc12)C(=O)NCc1ccc2c(c1)OCO2. The maximum atomic E-state index is 13.8. The molecule has 36 heavy (non-hydrogen) atoms. The molecule has 1 aromatic heterocycles. The van der Waals surface area contributed by atoms with Crippen LogP contribution in [0.15, 0.2) is 78.5 Å². The Morgan fingerprint density at radius 3 is 2.78 bits per heavy atom. The quantitative estimate of drug-likeness (QED) is 0.287. The summed E-state index contributed by atoms with van der Waals surface area (Å²) in [5.41, 5.74) is 2.46. The number of aromatic nitrogens is 1. The monoisotopic (exact) mass is 483 g/mol. The Bertz CT molecular complexity index is 1500. The molecule has 0 fully saturated rings. The van der Waals surface area contributed by atoms with Gasteiger partial charge < -0.3 is 24.1 Å². The van der Waals surface area contributed by atoms with E-state index < -0.39 is 11.7 Å². The molecular formula is C28H22FN3O4. The van der Waals surface area contributed by atoms with Gasteiger partial charge >= 0.3 is 0 Å². The molecule has 3 aromatic carbocycles. The van der Waals surface area contributed by atoms with Crippen molar-refractivity contribution in [3.05, 3.63) is 95.4 Å². The second kappa shape index (κ2) is 10.2. The standard InChI is InChI=1S/C28H22FN3O4/c29-23-6-2-4-8-25(23)34-12-11-32-17-21(22-5-1-3-7-24(22)32)14-20(15-30)28(33)31-16-19-9-10-26-27(13-19)36-18-35-26/h1-10,13-14,17H,11-12,16,18H2,(H,31,33). The summed E-state index contributed by atoms with van der Waals surface area (Å²) in [6.45, 7) is 1.13. The Morgan fingerprint density at radius 1 is 1.11 bits per heavy atom. The van der Waals surface area contributed by atoms with E-state index in [1.165, 1.54) is 6.07 Å². The third-order valence-electron chi connectivity index (χ3n) is 5.80. The first kappa shape index (κ1) is 23.0. The highest BCUT2D eigenvalue weighted by molar-refractivity contribution is 6.04. The van der Waals surface area contributed by atoms with Crippen LogP contribution in [-0.4, -0.2) is 23.9 Å². The number of nitrogens with one attached hydrogen (secondary N) is 1. The van der Waals surface area contributed by atoms with Crippen LogP contribution in [0.3, 0.4) is 0 Å². The zero-order valence-corrected chi connectivity index (χ0v) is 19.2. The van der Waals surface area contributed by atoms with Gasteiger partial charge in [0.1, 0.15) is 18.2 Å². The van der Waals surface area contributed by atoms with Crippen LogP contribution in [0.4, 0.5) is 4.39 Å². The molecular weight excluding hydrogens is 461 g/mol. The summed E-state index contributed by atoms with van der Waals surface area (Å²) in [4.78, 5) is 12.8. The molecule has 1 aliphatic rings. The molecule has 4 aromatic rings. The van der Waals surface area contributed by atoms with Crippen molar-refractivity contribution in [2.75, 3.05) is 13.4 Å². The molecule has 1 amide bonds. The van der Waals surface area contributed by atoms with Crippen LogP contribution in [0.2, 0.25) is 0 Å². The van der Waals surface area contributed by atoms with Gasteiger partial charge in [0.15, 0.2) is 23.1 Å². The first-order valence-electron chi connectivity index (χ1n) is 11.4. The molecule has 0 unspecified atom stereocenters. The third-order valence-corrected chi connectivity index (χ3v) is 5.80. The van der Waals surface area contributed by atoms with E-state index in [1.807, 2.05) is 47.2 Å². The number of hydrogen-bond donors (Lipinski definition) is 1. The highest BCUT2D eigenvalue weighted by Gasteiger charge is 2.15. The number of nitrogens with zero attached hydrogens (tertiary/aromatic N) is 2. The predicted molar refractivity (Wildman–Crippen MR) is 132 cm³/mol. The van der Waals surface area contributed by atoms with Gasteiger partial charge in [0, 0.05) is 29.2 Å². The number of halogens is 1. The van der Waals surface area contributed by atoms with Crippen molar-refractivity contribution >= 4 is 22.9 Å². The Hall–Kier alpha value is -4.77. The van der Waals surface area contributed by atoms with Crippen LogP contribution < -0.4 is 19.5 Å². The molecule has 7 nitrogen and oxygen atoms in total. The molecule has 0 aliphatic carbocycles. The molecule has 0 spiro atoms. The summed E-state index contributed by atoms with van der Waals surface area (Å²) in [5.74, 6) is 0.599. The lowest BCUT2D eigenvalue weighted by Crippen LogP contribution is -2.23. The number of para-hydroxylation sites is 2. The van der Waals surface area contributed by atoms with E-state index in [2.05, 4.69) is 5.32 Å². The van der Waals surface area contributed by atoms with Crippen LogP contribution in [0, 0.1) is 17.1 Å². The van der Waals surface area contributed by atoms with Gasteiger partial charge in [-0.2, -0.15) is 5.26 Å². The Kier molecular flexibility index (Phi) is 6.54. The fourth-order valence-corrected chi connectivity index (χ4v) is 4.02. The average Bonchev–Trinajstić information content (AvgIpc) is 3.51. The number of hydrogen-bond acceptors (Lipinski definition) is 5. The van der Waals surface area contributed by atoms with Gasteiger partial charge in [-0.3, -0.25) is 4.79 Å². The Morgan fingerprint density at radius 2 is 1.92 bits per heavy atom. The van der Waals surface area contributed by atoms with Gasteiger partial charge in [-0.05, 0) is 42.0 Å². The second-order valence-corrected chi connectivity index (χ2v) is 8.11. The van der Waals surface area contributed by atoms with E-state index in [9.17, 15) is 14.4 Å². The lowest BCUT2D eigenvalue weighted by atomic mass is 10.1. The van der Waals surface area contributed by atoms with Crippen LogP contribution >= 0.6 is 0 Å². The summed E-state index contributed by atoms with van der Waals surface area (Å²) in [5, 5.41) is 13.4. The van der Waals surface area contributed by atoms with E-state index in [4.69, 9.17) is 14.2 Å². The van der Waals surface area contributed by atoms with Crippen molar-refractivity contribution < 1.29 is 23.4 Å². The van der Waals surface area contributed by atoms with Crippen molar-refractivity contribution in [1.29, 1.82) is 5.26 Å². The minimum absolute atomic E-state index is 0.0127. The lowest BCUT2D eigenvalue weighted by Gasteiger charge is -2.08. The third kappa shape index (κ3) is 4.86. The fraction of sp³-hybridized carbons (Fsp3) is 0.143. The first-order valence-corrected chi connectivity index (χ1v) is 11.4. The van der Waals surface area contributed by atoms with E-state index >= 15 is 0 Å². The predicted octanol–water partition coefficient (Wildman–Crippen LogP) is 4.81. The minimum Gasteiger partial charge on any atom is -0.489 e. The van der Waals surface area contributed by atoms with Gasteiger partial charge in [0.25, 0.3) is 5.91 Å². The molecule has 180 valence electrons. The van der Waals surface area contributed by atoms with Crippen molar-refractivity contribution in [2.45, 2.75) is 13.1 Å². The van der Waals surface area contributed by atoms with Crippen LogP contribution in [0.25, 0.3) is 17.0 Å². The smallest absolute Gasteiger partial charge is 0.262 e. The fourth-order valence-electron chi connectivity index (χ4n) is 4.02. The minimum atomic E-state index is -0.477. The summed E-state index contributed by atoms with van der Waals surface area (Å²) in [6.07, 6.45) is 3.43. The number of ether oxygens (including phenoxy) is 3. The summed E-state index contributed by atoms with van der Waals surface area (Å²) in [7, 11) is 0. The van der Waals surface area contributed by atoms with Crippen LogP contribution in [0.1, 0.15) is 11.1 Å². The van der Waals surface area contributed by atoms with Crippen LogP contribution in [-0.2, 0) is 17.9 Å². The lowest BCUT2D eigenvalue weighted by molar-refractivity contribution is -0.117. The number of carbonyl (C=O) groups is 1. The maximum Gasteiger partial charge on any atom is 0.262 e. The average molecular weight is 483 g/mol. The molecule has 5 rings (SSSR count). The van der Waals surface area contributed by atoms with Gasteiger partial charge in [0.2, 0.25) is 6.79 Å². The van der Waals surface area contributed by atoms with Gasteiger partial charge in [-0.1, -0.05) is 36.4 Å². The van der Waals surface area contributed by atoms with Crippen LogP contribution in [0.5, 0.6) is 17.2 Å². The highest BCUT2D eigenvalue weighted by Crippen LogP contribution is 2.32. The molecule has 0 radical (unpaired) electrons. The maximum absolute atomic E-state index is 13.8. The van der Waals surface area contributed by atoms with Gasteiger partial charge in [-0.15, -0.1) is 0 Å². The molecule has 2 heterocycles. The Labute approximate surface area is 206 Å². The topological polar surface area (TPSA) is 85.5 Å². The molecule has 8 heteroatoms. The number of nitriles is 1. The normalized spacial score (nSPS) is 12.4. The molecule has 0 saturated heterocycles. The molecule has 0 atom stereocenters. The zero-order chi connectivity index (χ0) is 24.9. The number of rotatable bonds is 8. The van der Waals surface area contributed by atoms with E-state index in [0.717, 1.165) is 22.0 Å². The molecule has 1 N–H and O–H groups in total. The van der Waals surface area contributed by atoms with Gasteiger partial charge in [-0.25, -0.2) is 4.39 Å². The summed E-state index contributed by atoms with van der Waals surface area (Å²) < 4.78 is 32.1. The molecule has 0 saturated carbocycles. The number of benzene rings is 3. The highest BCUT2D eigenvalue weighted by atomic mass is 19.1. The second-order valence-electron chi connectivity index (χ2n) is 8.11. The first-order chi connectivity index (χ1) is 17.6. The Balaban J connectivity index is 1.31.